The Bertz CT molecular complexity index is 471. The van der Waals surface area contributed by atoms with Gasteiger partial charge in [0.05, 0.1) is 0 Å². The molecule has 0 N–H and O–H groups in total. The number of benzene rings is 1. The highest BCUT2D eigenvalue weighted by molar-refractivity contribution is 6.76. The molecule has 0 aliphatic rings. The fourth-order valence-corrected chi connectivity index (χ4v) is 7.29. The van der Waals surface area contributed by atoms with Crippen LogP contribution in [0.15, 0.2) is 18.2 Å². The Hall–Kier alpha value is -0.129. The third-order valence-corrected chi connectivity index (χ3v) is 7.80. The monoisotopic (exact) mass is 336 g/mol. The molecule has 0 unspecified atom stereocenters. The van der Waals surface area contributed by atoms with E-state index in [1.165, 1.54) is 18.1 Å². The molecule has 0 heterocycles. The molecular formula is C18H36Si3. The minimum Gasteiger partial charge on any atom is -0.0693 e. The van der Waals surface area contributed by atoms with Crippen LogP contribution in [-0.4, -0.2) is 24.2 Å². The summed E-state index contributed by atoms with van der Waals surface area (Å²) >= 11 is 0. The van der Waals surface area contributed by atoms with E-state index in [1.807, 2.05) is 0 Å². The van der Waals surface area contributed by atoms with Crippen LogP contribution in [0.5, 0.6) is 0 Å². The molecule has 0 aromatic heterocycles. The third-order valence-electron chi connectivity index (χ3n) is 3.45. The van der Waals surface area contributed by atoms with E-state index in [2.05, 4.69) is 77.1 Å². The van der Waals surface area contributed by atoms with Crippen LogP contribution in [0.1, 0.15) is 16.7 Å². The summed E-state index contributed by atoms with van der Waals surface area (Å²) in [4.78, 5) is 0. The Morgan fingerprint density at radius 1 is 0.571 bits per heavy atom. The van der Waals surface area contributed by atoms with Crippen molar-refractivity contribution in [3.8, 4) is 0 Å². The number of rotatable bonds is 6. The van der Waals surface area contributed by atoms with Crippen molar-refractivity contribution < 1.29 is 0 Å². The van der Waals surface area contributed by atoms with Gasteiger partial charge in [-0.25, -0.2) is 0 Å². The van der Waals surface area contributed by atoms with E-state index in [0.717, 1.165) is 0 Å². The quantitative estimate of drug-likeness (QED) is 0.563. The molecule has 0 radical (unpaired) electrons. The van der Waals surface area contributed by atoms with E-state index in [0.29, 0.717) is 0 Å². The summed E-state index contributed by atoms with van der Waals surface area (Å²) in [6.45, 7) is 22.4. The lowest BCUT2D eigenvalue weighted by Gasteiger charge is -2.24. The smallest absolute Gasteiger partial charge is 0.0487 e. The molecule has 0 fully saturated rings. The fraction of sp³-hybridized carbons (Fsp3) is 0.667. The SMILES string of the molecule is C[Si](C)(C)Cc1ccc(C[Si](C)(C)C)c(C[Si](C)(C)C)c1. The van der Waals surface area contributed by atoms with Crippen LogP contribution in [-0.2, 0) is 18.1 Å². The Labute approximate surface area is 136 Å². The summed E-state index contributed by atoms with van der Waals surface area (Å²) in [5, 5.41) is 0. The molecular weight excluding hydrogens is 300 g/mol. The van der Waals surface area contributed by atoms with Crippen LogP contribution in [0.2, 0.25) is 58.9 Å². The summed E-state index contributed by atoms with van der Waals surface area (Å²) in [7, 11) is -3.13. The summed E-state index contributed by atoms with van der Waals surface area (Å²) in [6.07, 6.45) is 0. The molecule has 3 heteroatoms. The molecule has 0 spiro atoms. The lowest BCUT2D eigenvalue weighted by atomic mass is 10.1. The first-order valence-electron chi connectivity index (χ1n) is 8.36. The highest BCUT2D eigenvalue weighted by Crippen LogP contribution is 2.23. The van der Waals surface area contributed by atoms with E-state index in [4.69, 9.17) is 0 Å². The van der Waals surface area contributed by atoms with Crippen molar-refractivity contribution in [3.05, 3.63) is 34.9 Å². The minimum atomic E-state index is -1.06. The molecule has 1 aromatic rings. The van der Waals surface area contributed by atoms with Crippen molar-refractivity contribution >= 4 is 24.2 Å². The molecule has 0 aliphatic heterocycles. The van der Waals surface area contributed by atoms with Crippen LogP contribution in [0.4, 0.5) is 0 Å². The van der Waals surface area contributed by atoms with Gasteiger partial charge in [-0.1, -0.05) is 82.7 Å². The van der Waals surface area contributed by atoms with Gasteiger partial charge in [-0.05, 0) is 29.3 Å². The van der Waals surface area contributed by atoms with Crippen LogP contribution in [0.3, 0.4) is 0 Å². The summed E-state index contributed by atoms with van der Waals surface area (Å²) in [5.74, 6) is 0. The molecule has 0 saturated heterocycles. The standard InChI is InChI=1S/C18H36Si3/c1-19(2,3)13-16-10-11-17(14-20(4,5)6)18(12-16)15-21(7,8)9/h10-12H,13-15H2,1-9H3. The van der Waals surface area contributed by atoms with Crippen LogP contribution >= 0.6 is 0 Å². The Kier molecular flexibility index (Phi) is 5.90. The van der Waals surface area contributed by atoms with E-state index in [1.54, 1.807) is 16.7 Å². The Balaban J connectivity index is 3.14. The maximum absolute atomic E-state index is 2.56. The molecule has 0 aliphatic carbocycles. The van der Waals surface area contributed by atoms with Crippen molar-refractivity contribution in [3.63, 3.8) is 0 Å². The van der Waals surface area contributed by atoms with Crippen LogP contribution in [0.25, 0.3) is 0 Å². The molecule has 1 aromatic carbocycles. The molecule has 0 atom stereocenters. The molecule has 120 valence electrons. The molecule has 0 bridgehead atoms. The Morgan fingerprint density at radius 3 is 1.43 bits per heavy atom. The lowest BCUT2D eigenvalue weighted by molar-refractivity contribution is 1.16. The van der Waals surface area contributed by atoms with Gasteiger partial charge in [0, 0.05) is 24.2 Å². The van der Waals surface area contributed by atoms with Gasteiger partial charge < -0.3 is 0 Å². The number of hydrogen-bond acceptors (Lipinski definition) is 0. The summed E-state index contributed by atoms with van der Waals surface area (Å²) in [5.41, 5.74) is 4.91. The summed E-state index contributed by atoms with van der Waals surface area (Å²) in [6, 6.07) is 11.4. The Morgan fingerprint density at radius 2 is 1.00 bits per heavy atom. The molecule has 21 heavy (non-hydrogen) atoms. The first-order valence-corrected chi connectivity index (χ1v) is 19.5. The number of hydrogen-bond donors (Lipinski definition) is 0. The van der Waals surface area contributed by atoms with E-state index >= 15 is 0 Å². The second-order valence-electron chi connectivity index (χ2n) is 10.3. The van der Waals surface area contributed by atoms with E-state index in [-0.39, 0.29) is 0 Å². The van der Waals surface area contributed by atoms with Gasteiger partial charge in [0.25, 0.3) is 0 Å². The van der Waals surface area contributed by atoms with E-state index < -0.39 is 24.2 Å². The molecule has 1 rings (SSSR count). The predicted octanol–water partition coefficient (Wildman–Crippen LogP) is 5.95. The van der Waals surface area contributed by atoms with Gasteiger partial charge in [0.15, 0.2) is 0 Å². The van der Waals surface area contributed by atoms with Crippen molar-refractivity contribution in [1.29, 1.82) is 0 Å². The molecule has 0 amide bonds. The zero-order valence-corrected chi connectivity index (χ0v) is 18.9. The summed E-state index contributed by atoms with van der Waals surface area (Å²) < 4.78 is 0. The second kappa shape index (κ2) is 6.55. The second-order valence-corrected chi connectivity index (χ2v) is 26.7. The first kappa shape index (κ1) is 18.9. The zero-order valence-electron chi connectivity index (χ0n) is 15.9. The van der Waals surface area contributed by atoms with Gasteiger partial charge in [0.1, 0.15) is 0 Å². The average Bonchev–Trinajstić information content (AvgIpc) is 2.15. The average molecular weight is 337 g/mol. The van der Waals surface area contributed by atoms with Crippen LogP contribution in [0, 0.1) is 0 Å². The van der Waals surface area contributed by atoms with Crippen molar-refractivity contribution in [2.75, 3.05) is 0 Å². The topological polar surface area (TPSA) is 0 Å². The van der Waals surface area contributed by atoms with Crippen molar-refractivity contribution in [1.82, 2.24) is 0 Å². The van der Waals surface area contributed by atoms with Crippen molar-refractivity contribution in [2.24, 2.45) is 0 Å². The fourth-order valence-electron chi connectivity index (χ4n) is 2.88. The maximum Gasteiger partial charge on any atom is 0.0487 e. The first-order chi connectivity index (χ1) is 9.25. The van der Waals surface area contributed by atoms with Gasteiger partial charge in [-0.2, -0.15) is 0 Å². The maximum atomic E-state index is 2.56. The third kappa shape index (κ3) is 8.17. The minimum absolute atomic E-state index is 1.02. The zero-order chi connectivity index (χ0) is 16.5. The highest BCUT2D eigenvalue weighted by Gasteiger charge is 2.21. The highest BCUT2D eigenvalue weighted by atomic mass is 28.3. The normalized spacial score (nSPS) is 13.6. The van der Waals surface area contributed by atoms with Gasteiger partial charge in [-0.3, -0.25) is 0 Å². The van der Waals surface area contributed by atoms with Gasteiger partial charge in [0.2, 0.25) is 0 Å². The van der Waals surface area contributed by atoms with Crippen molar-refractivity contribution in [2.45, 2.75) is 77.1 Å². The van der Waals surface area contributed by atoms with Crippen LogP contribution < -0.4 is 0 Å². The molecule has 0 nitrogen and oxygen atoms in total. The van der Waals surface area contributed by atoms with Gasteiger partial charge >= 0.3 is 0 Å². The lowest BCUT2D eigenvalue weighted by Crippen LogP contribution is -2.29. The van der Waals surface area contributed by atoms with E-state index in [9.17, 15) is 0 Å². The molecule has 0 saturated carbocycles. The predicted molar refractivity (Wildman–Crippen MR) is 108 cm³/mol. The van der Waals surface area contributed by atoms with Gasteiger partial charge in [-0.15, -0.1) is 0 Å². The largest absolute Gasteiger partial charge is 0.0693 e.